The van der Waals surface area contributed by atoms with Crippen LogP contribution < -0.4 is 0 Å². The first-order chi connectivity index (χ1) is 11.1. The van der Waals surface area contributed by atoms with Crippen molar-refractivity contribution in [2.45, 2.75) is 44.7 Å². The zero-order valence-electron chi connectivity index (χ0n) is 14.9. The minimum absolute atomic E-state index is 0.0354. The zero-order valence-corrected chi connectivity index (χ0v) is 15.8. The molecule has 1 heterocycles. The SMILES string of the molecule is Cc1ccc(S(=O)(=O)N(C)CC(=O)N2CC(C)OCC2C)cc1C. The van der Waals surface area contributed by atoms with E-state index in [1.54, 1.807) is 23.1 Å². The Bertz CT molecular complexity index is 717. The van der Waals surface area contributed by atoms with E-state index in [0.29, 0.717) is 13.2 Å². The van der Waals surface area contributed by atoms with Crippen LogP contribution in [0.25, 0.3) is 0 Å². The molecule has 2 unspecified atom stereocenters. The van der Waals surface area contributed by atoms with Crippen LogP contribution in [0.4, 0.5) is 0 Å². The van der Waals surface area contributed by atoms with Gasteiger partial charge in [-0.15, -0.1) is 0 Å². The lowest BCUT2D eigenvalue weighted by Crippen LogP contribution is -2.53. The van der Waals surface area contributed by atoms with E-state index in [1.165, 1.54) is 7.05 Å². The van der Waals surface area contributed by atoms with Gasteiger partial charge < -0.3 is 9.64 Å². The van der Waals surface area contributed by atoms with Crippen LogP contribution in [0.2, 0.25) is 0 Å². The first-order valence-corrected chi connectivity index (χ1v) is 9.51. The van der Waals surface area contributed by atoms with Gasteiger partial charge in [0, 0.05) is 13.6 Å². The molecule has 0 aromatic heterocycles. The van der Waals surface area contributed by atoms with E-state index < -0.39 is 10.0 Å². The lowest BCUT2D eigenvalue weighted by Gasteiger charge is -2.37. The maximum Gasteiger partial charge on any atom is 0.243 e. The molecule has 0 radical (unpaired) electrons. The average Bonchev–Trinajstić information content (AvgIpc) is 2.52. The molecule has 0 aliphatic carbocycles. The summed E-state index contributed by atoms with van der Waals surface area (Å²) in [6, 6.07) is 4.96. The second-order valence-corrected chi connectivity index (χ2v) is 8.59. The minimum atomic E-state index is -3.69. The fourth-order valence-corrected chi connectivity index (χ4v) is 3.88. The summed E-state index contributed by atoms with van der Waals surface area (Å²) in [5.41, 5.74) is 1.94. The fourth-order valence-electron chi connectivity index (χ4n) is 2.67. The highest BCUT2D eigenvalue weighted by Crippen LogP contribution is 2.19. The third-order valence-electron chi connectivity index (χ3n) is 4.47. The summed E-state index contributed by atoms with van der Waals surface area (Å²) in [7, 11) is -2.25. The minimum Gasteiger partial charge on any atom is -0.375 e. The quantitative estimate of drug-likeness (QED) is 0.823. The van der Waals surface area contributed by atoms with Crippen molar-refractivity contribution in [2.75, 3.05) is 26.7 Å². The van der Waals surface area contributed by atoms with Crippen LogP contribution in [0.3, 0.4) is 0 Å². The van der Waals surface area contributed by atoms with Crippen LogP contribution in [-0.2, 0) is 19.6 Å². The fraction of sp³-hybridized carbons (Fsp3) is 0.588. The predicted octanol–water partition coefficient (Wildman–Crippen LogP) is 1.56. The average molecular weight is 354 g/mol. The van der Waals surface area contributed by atoms with Gasteiger partial charge in [0.15, 0.2) is 0 Å². The molecule has 0 N–H and O–H groups in total. The molecule has 1 amide bonds. The van der Waals surface area contributed by atoms with Gasteiger partial charge in [0.05, 0.1) is 30.2 Å². The van der Waals surface area contributed by atoms with Crippen molar-refractivity contribution in [1.82, 2.24) is 9.21 Å². The molecule has 1 aromatic rings. The van der Waals surface area contributed by atoms with Crippen LogP contribution in [-0.4, -0.2) is 62.4 Å². The van der Waals surface area contributed by atoms with Gasteiger partial charge in [0.25, 0.3) is 0 Å². The van der Waals surface area contributed by atoms with E-state index in [1.807, 2.05) is 27.7 Å². The molecule has 24 heavy (non-hydrogen) atoms. The highest BCUT2D eigenvalue weighted by molar-refractivity contribution is 7.89. The molecule has 6 nitrogen and oxygen atoms in total. The molecule has 1 fully saturated rings. The molecule has 1 aliphatic heterocycles. The van der Waals surface area contributed by atoms with E-state index >= 15 is 0 Å². The molecule has 0 spiro atoms. The summed E-state index contributed by atoms with van der Waals surface area (Å²) < 4.78 is 32.0. The van der Waals surface area contributed by atoms with Gasteiger partial charge in [-0.1, -0.05) is 6.07 Å². The number of benzene rings is 1. The van der Waals surface area contributed by atoms with Crippen molar-refractivity contribution >= 4 is 15.9 Å². The summed E-state index contributed by atoms with van der Waals surface area (Å²) >= 11 is 0. The summed E-state index contributed by atoms with van der Waals surface area (Å²) in [6.45, 7) is 8.39. The maximum absolute atomic E-state index is 12.7. The number of nitrogens with zero attached hydrogens (tertiary/aromatic N) is 2. The number of aryl methyl sites for hydroxylation is 2. The molecule has 1 aromatic carbocycles. The van der Waals surface area contributed by atoms with Gasteiger partial charge in [-0.25, -0.2) is 8.42 Å². The number of sulfonamides is 1. The van der Waals surface area contributed by atoms with Crippen LogP contribution in [0, 0.1) is 13.8 Å². The Labute approximate surface area is 144 Å². The van der Waals surface area contributed by atoms with Crippen molar-refractivity contribution in [3.63, 3.8) is 0 Å². The maximum atomic E-state index is 12.7. The summed E-state index contributed by atoms with van der Waals surface area (Å²) in [4.78, 5) is 14.4. The number of likely N-dealkylation sites (N-methyl/N-ethyl adjacent to an activating group) is 1. The van der Waals surface area contributed by atoms with Gasteiger partial charge >= 0.3 is 0 Å². The lowest BCUT2D eigenvalue weighted by atomic mass is 10.1. The number of amides is 1. The number of ether oxygens (including phenoxy) is 1. The Kier molecular flexibility index (Phi) is 5.67. The smallest absolute Gasteiger partial charge is 0.243 e. The van der Waals surface area contributed by atoms with Crippen LogP contribution in [0.15, 0.2) is 23.1 Å². The van der Waals surface area contributed by atoms with Crippen molar-refractivity contribution < 1.29 is 17.9 Å². The highest BCUT2D eigenvalue weighted by Gasteiger charge is 2.30. The Balaban J connectivity index is 2.13. The lowest BCUT2D eigenvalue weighted by molar-refractivity contribution is -0.143. The first-order valence-electron chi connectivity index (χ1n) is 8.07. The summed E-state index contributed by atoms with van der Waals surface area (Å²) in [6.07, 6.45) is -0.0354. The van der Waals surface area contributed by atoms with Gasteiger partial charge in [-0.3, -0.25) is 4.79 Å². The largest absolute Gasteiger partial charge is 0.375 e. The van der Waals surface area contributed by atoms with Crippen molar-refractivity contribution in [1.29, 1.82) is 0 Å². The number of hydrogen-bond donors (Lipinski definition) is 0. The first kappa shape index (κ1) is 18.9. The second-order valence-electron chi connectivity index (χ2n) is 6.55. The molecule has 0 saturated carbocycles. The molecule has 0 bridgehead atoms. The number of carbonyl (C=O) groups is 1. The molecular weight excluding hydrogens is 328 g/mol. The third kappa shape index (κ3) is 3.96. The summed E-state index contributed by atoms with van der Waals surface area (Å²) in [5, 5.41) is 0. The van der Waals surface area contributed by atoms with Gasteiger partial charge in [0.1, 0.15) is 0 Å². The Morgan fingerprint density at radius 1 is 1.29 bits per heavy atom. The second kappa shape index (κ2) is 7.21. The Morgan fingerprint density at radius 2 is 1.96 bits per heavy atom. The number of hydrogen-bond acceptors (Lipinski definition) is 4. The third-order valence-corrected chi connectivity index (χ3v) is 6.27. The molecule has 1 aliphatic rings. The van der Waals surface area contributed by atoms with Gasteiger partial charge in [-0.2, -0.15) is 4.31 Å². The van der Waals surface area contributed by atoms with E-state index in [9.17, 15) is 13.2 Å². The van der Waals surface area contributed by atoms with Crippen molar-refractivity contribution in [2.24, 2.45) is 0 Å². The highest BCUT2D eigenvalue weighted by atomic mass is 32.2. The van der Waals surface area contributed by atoms with E-state index in [4.69, 9.17) is 4.74 Å². The molecule has 1 saturated heterocycles. The topological polar surface area (TPSA) is 66.9 Å². The number of morpholine rings is 1. The standard InChI is InChI=1S/C17H26N2O4S/c1-12-6-7-16(8-13(12)2)24(21,22)18(5)10-17(20)19-9-15(4)23-11-14(19)3/h6-8,14-15H,9-11H2,1-5H3. The number of rotatable bonds is 4. The predicted molar refractivity (Wildman–Crippen MR) is 92.3 cm³/mol. The summed E-state index contributed by atoms with van der Waals surface area (Å²) in [5.74, 6) is -0.201. The molecule has 134 valence electrons. The molecule has 2 rings (SSSR count). The monoisotopic (exact) mass is 354 g/mol. The molecule has 2 atom stereocenters. The zero-order chi connectivity index (χ0) is 18.1. The van der Waals surface area contributed by atoms with Gasteiger partial charge in [0.2, 0.25) is 15.9 Å². The van der Waals surface area contributed by atoms with Crippen molar-refractivity contribution in [3.8, 4) is 0 Å². The van der Waals surface area contributed by atoms with E-state index in [-0.39, 0.29) is 29.5 Å². The Hall–Kier alpha value is -1.44. The van der Waals surface area contributed by atoms with Gasteiger partial charge in [-0.05, 0) is 51.0 Å². The van der Waals surface area contributed by atoms with Crippen molar-refractivity contribution in [3.05, 3.63) is 29.3 Å². The van der Waals surface area contributed by atoms with E-state index in [0.717, 1.165) is 15.4 Å². The van der Waals surface area contributed by atoms with Crippen LogP contribution in [0.1, 0.15) is 25.0 Å². The molecule has 7 heteroatoms. The van der Waals surface area contributed by atoms with Crippen LogP contribution in [0.5, 0.6) is 0 Å². The molecular formula is C17H26N2O4S. The van der Waals surface area contributed by atoms with Crippen LogP contribution >= 0.6 is 0 Å². The normalized spacial score (nSPS) is 22.0. The number of carbonyl (C=O) groups excluding carboxylic acids is 1. The Morgan fingerprint density at radius 3 is 2.58 bits per heavy atom. The van der Waals surface area contributed by atoms with E-state index in [2.05, 4.69) is 0 Å².